The van der Waals surface area contributed by atoms with Crippen LogP contribution in [0.1, 0.15) is 29.6 Å². The van der Waals surface area contributed by atoms with E-state index in [-0.39, 0.29) is 11.6 Å². The highest BCUT2D eigenvalue weighted by Crippen LogP contribution is 2.26. The van der Waals surface area contributed by atoms with Crippen molar-refractivity contribution in [1.29, 1.82) is 0 Å². The van der Waals surface area contributed by atoms with Crippen LogP contribution in [0.15, 0.2) is 24.3 Å². The summed E-state index contributed by atoms with van der Waals surface area (Å²) < 4.78 is 18.8. The van der Waals surface area contributed by atoms with E-state index in [1.54, 1.807) is 12.1 Å². The zero-order valence-electron chi connectivity index (χ0n) is 10.8. The van der Waals surface area contributed by atoms with Crippen LogP contribution in [-0.4, -0.2) is 42.5 Å². The second-order valence-corrected chi connectivity index (χ2v) is 5.40. The molecular formula is C15H18FNO2. The molecule has 102 valence electrons. The van der Waals surface area contributed by atoms with Crippen molar-refractivity contribution in [2.75, 3.05) is 19.6 Å². The Labute approximate surface area is 112 Å². The third-order valence-electron chi connectivity index (χ3n) is 3.92. The molecule has 0 amide bonds. The Hall–Kier alpha value is -1.26. The van der Waals surface area contributed by atoms with Crippen molar-refractivity contribution < 1.29 is 13.9 Å². The lowest BCUT2D eigenvalue weighted by atomic mass is 10.1. The van der Waals surface area contributed by atoms with Crippen molar-refractivity contribution in [3.05, 3.63) is 35.6 Å². The molecule has 1 aromatic carbocycles. The van der Waals surface area contributed by atoms with Crippen LogP contribution in [0.5, 0.6) is 0 Å². The van der Waals surface area contributed by atoms with Crippen molar-refractivity contribution in [3.63, 3.8) is 0 Å². The summed E-state index contributed by atoms with van der Waals surface area (Å²) in [5.74, 6) is -0.339. The molecule has 4 heteroatoms. The summed E-state index contributed by atoms with van der Waals surface area (Å²) in [7, 11) is 0. The first-order chi connectivity index (χ1) is 9.20. The first kappa shape index (κ1) is 12.8. The Morgan fingerprint density at radius 2 is 2.05 bits per heavy atom. The summed E-state index contributed by atoms with van der Waals surface area (Å²) in [4.78, 5) is 14.3. The zero-order valence-corrected chi connectivity index (χ0v) is 10.8. The summed E-state index contributed by atoms with van der Waals surface area (Å²) in [5.41, 5.74) is 0.469. The molecule has 0 N–H and O–H groups in total. The molecular weight excluding hydrogens is 245 g/mol. The highest BCUT2D eigenvalue weighted by molar-refractivity contribution is 5.96. The first-order valence-corrected chi connectivity index (χ1v) is 6.87. The van der Waals surface area contributed by atoms with Crippen LogP contribution < -0.4 is 0 Å². The lowest BCUT2D eigenvalue weighted by molar-refractivity contribution is -0.0379. The maximum atomic E-state index is 13.1. The van der Waals surface area contributed by atoms with Gasteiger partial charge in [0.05, 0.1) is 12.2 Å². The van der Waals surface area contributed by atoms with Crippen LogP contribution in [0.3, 0.4) is 0 Å². The lowest BCUT2D eigenvalue weighted by Crippen LogP contribution is -2.43. The predicted molar refractivity (Wildman–Crippen MR) is 69.7 cm³/mol. The second kappa shape index (κ2) is 5.39. The highest BCUT2D eigenvalue weighted by atomic mass is 19.1. The summed E-state index contributed by atoms with van der Waals surface area (Å²) in [5, 5.41) is 0. The molecule has 2 bridgehead atoms. The molecule has 2 unspecified atom stereocenters. The molecule has 0 radical (unpaired) electrons. The number of hydrogen-bond acceptors (Lipinski definition) is 3. The molecule has 1 aromatic rings. The third-order valence-corrected chi connectivity index (χ3v) is 3.92. The van der Waals surface area contributed by atoms with E-state index in [0.717, 1.165) is 32.5 Å². The Bertz CT molecular complexity index is 465. The molecule has 19 heavy (non-hydrogen) atoms. The maximum Gasteiger partial charge on any atom is 0.164 e. The van der Waals surface area contributed by atoms with Gasteiger partial charge in [-0.15, -0.1) is 0 Å². The number of carbonyl (C=O) groups is 1. The van der Waals surface area contributed by atoms with E-state index in [1.807, 2.05) is 0 Å². The Morgan fingerprint density at radius 3 is 2.74 bits per heavy atom. The van der Waals surface area contributed by atoms with Gasteiger partial charge in [0, 0.05) is 31.6 Å². The van der Waals surface area contributed by atoms with Gasteiger partial charge >= 0.3 is 0 Å². The molecule has 2 atom stereocenters. The smallest absolute Gasteiger partial charge is 0.164 e. The fraction of sp³-hybridized carbons (Fsp3) is 0.533. The Morgan fingerprint density at radius 1 is 1.32 bits per heavy atom. The molecule has 0 aliphatic carbocycles. The average Bonchev–Trinajstić information content (AvgIpc) is 2.75. The molecule has 2 fully saturated rings. The van der Waals surface area contributed by atoms with Gasteiger partial charge in [0.15, 0.2) is 5.78 Å². The number of likely N-dealkylation sites (tertiary alicyclic amines) is 1. The minimum Gasteiger partial charge on any atom is -0.372 e. The summed E-state index contributed by atoms with van der Waals surface area (Å²) in [6.07, 6.45) is 3.42. The van der Waals surface area contributed by atoms with Gasteiger partial charge < -0.3 is 4.74 Å². The van der Waals surface area contributed by atoms with Gasteiger partial charge in [-0.05, 0) is 25.0 Å². The number of ether oxygens (including phenoxy) is 1. The number of morpholine rings is 1. The van der Waals surface area contributed by atoms with E-state index in [0.29, 0.717) is 24.2 Å². The van der Waals surface area contributed by atoms with Crippen molar-refractivity contribution in [3.8, 4) is 0 Å². The lowest BCUT2D eigenvalue weighted by Gasteiger charge is -2.31. The average molecular weight is 263 g/mol. The fourth-order valence-corrected chi connectivity index (χ4v) is 2.95. The van der Waals surface area contributed by atoms with Crippen molar-refractivity contribution in [1.82, 2.24) is 4.90 Å². The van der Waals surface area contributed by atoms with Crippen LogP contribution in [0.2, 0.25) is 0 Å². The SMILES string of the molecule is O=C(CCN1CC2CCC(C1)O2)c1cccc(F)c1. The minimum atomic E-state index is -0.352. The second-order valence-electron chi connectivity index (χ2n) is 5.40. The van der Waals surface area contributed by atoms with E-state index in [1.165, 1.54) is 12.1 Å². The quantitative estimate of drug-likeness (QED) is 0.780. The van der Waals surface area contributed by atoms with Gasteiger partial charge in [-0.3, -0.25) is 9.69 Å². The number of halogens is 1. The van der Waals surface area contributed by atoms with Gasteiger partial charge in [-0.1, -0.05) is 12.1 Å². The summed E-state index contributed by atoms with van der Waals surface area (Å²) in [6, 6.07) is 5.92. The molecule has 0 saturated carbocycles. The molecule has 0 aromatic heterocycles. The van der Waals surface area contributed by atoms with Gasteiger partial charge in [0.25, 0.3) is 0 Å². The third kappa shape index (κ3) is 3.01. The number of rotatable bonds is 4. The normalized spacial score (nSPS) is 26.6. The largest absolute Gasteiger partial charge is 0.372 e. The number of carbonyl (C=O) groups excluding carboxylic acids is 1. The van der Waals surface area contributed by atoms with Gasteiger partial charge in [0.1, 0.15) is 5.82 Å². The number of fused-ring (bicyclic) bond motifs is 2. The summed E-state index contributed by atoms with van der Waals surface area (Å²) >= 11 is 0. The van der Waals surface area contributed by atoms with E-state index in [2.05, 4.69) is 4.90 Å². The standard InChI is InChI=1S/C15H18FNO2/c16-12-3-1-2-11(8-12)15(18)6-7-17-9-13-4-5-14(10-17)19-13/h1-3,8,13-14H,4-7,9-10H2. The molecule has 2 aliphatic heterocycles. The van der Waals surface area contributed by atoms with Crippen molar-refractivity contribution in [2.45, 2.75) is 31.5 Å². The minimum absolute atomic E-state index is 0.0124. The number of ketones is 1. The van der Waals surface area contributed by atoms with Crippen molar-refractivity contribution in [2.24, 2.45) is 0 Å². The van der Waals surface area contributed by atoms with E-state index in [9.17, 15) is 9.18 Å². The molecule has 3 nitrogen and oxygen atoms in total. The predicted octanol–water partition coefficient (Wildman–Crippen LogP) is 2.26. The number of Topliss-reactive ketones (excluding diaryl/α,β-unsaturated/α-hetero) is 1. The topological polar surface area (TPSA) is 29.5 Å². The maximum absolute atomic E-state index is 13.1. The fourth-order valence-electron chi connectivity index (χ4n) is 2.95. The highest BCUT2D eigenvalue weighted by Gasteiger charge is 2.33. The monoisotopic (exact) mass is 263 g/mol. The molecule has 0 spiro atoms. The van der Waals surface area contributed by atoms with E-state index >= 15 is 0 Å². The Balaban J connectivity index is 1.53. The summed E-state index contributed by atoms with van der Waals surface area (Å²) in [6.45, 7) is 2.59. The molecule has 2 aliphatic rings. The van der Waals surface area contributed by atoms with Gasteiger partial charge in [-0.2, -0.15) is 0 Å². The number of hydrogen-bond donors (Lipinski definition) is 0. The van der Waals surface area contributed by atoms with Crippen LogP contribution in [0, 0.1) is 5.82 Å². The van der Waals surface area contributed by atoms with Gasteiger partial charge in [-0.25, -0.2) is 4.39 Å². The first-order valence-electron chi connectivity index (χ1n) is 6.87. The van der Waals surface area contributed by atoms with Gasteiger partial charge in [0.2, 0.25) is 0 Å². The van der Waals surface area contributed by atoms with Crippen molar-refractivity contribution >= 4 is 5.78 Å². The molecule has 3 rings (SSSR count). The van der Waals surface area contributed by atoms with Crippen LogP contribution >= 0.6 is 0 Å². The molecule has 2 saturated heterocycles. The number of benzene rings is 1. The van der Waals surface area contributed by atoms with Crippen LogP contribution in [0.4, 0.5) is 4.39 Å². The van der Waals surface area contributed by atoms with Crippen LogP contribution in [-0.2, 0) is 4.74 Å². The van der Waals surface area contributed by atoms with Crippen LogP contribution in [0.25, 0.3) is 0 Å². The van der Waals surface area contributed by atoms with E-state index in [4.69, 9.17) is 4.74 Å². The van der Waals surface area contributed by atoms with E-state index < -0.39 is 0 Å². The Kier molecular flexibility index (Phi) is 3.62. The number of nitrogens with zero attached hydrogens (tertiary/aromatic N) is 1. The molecule has 2 heterocycles. The zero-order chi connectivity index (χ0) is 13.2.